The van der Waals surface area contributed by atoms with Crippen molar-refractivity contribution in [1.29, 1.82) is 0 Å². The lowest BCUT2D eigenvalue weighted by molar-refractivity contribution is -0.123. The summed E-state index contributed by atoms with van der Waals surface area (Å²) in [5.74, 6) is 0.0724. The van der Waals surface area contributed by atoms with Crippen molar-refractivity contribution in [2.24, 2.45) is 5.41 Å². The molecule has 0 heterocycles. The van der Waals surface area contributed by atoms with Crippen LogP contribution in [0, 0.1) is 5.41 Å². The smallest absolute Gasteiger partial charge is 0.405 e. The van der Waals surface area contributed by atoms with Crippen molar-refractivity contribution in [3.8, 4) is 11.5 Å². The number of hydrogen-bond acceptors (Lipinski definition) is 4. The van der Waals surface area contributed by atoms with Gasteiger partial charge in [0.15, 0.2) is 11.5 Å². The standard InChI is InChI=1S/C17H26N2O5/c1-17(2,3)10-12(19-16(22)23)15(21)18-8-7-11-5-6-14(24-4)13(20)9-11/h5-6,9,12,19-20H,7-8,10H2,1-4H3,(H,18,21)(H,22,23). The molecule has 0 spiro atoms. The number of methoxy groups -OCH3 is 1. The minimum absolute atomic E-state index is 0.0412. The Morgan fingerprint density at radius 3 is 2.46 bits per heavy atom. The third-order valence-corrected chi connectivity index (χ3v) is 3.39. The highest BCUT2D eigenvalue weighted by Crippen LogP contribution is 2.26. The molecule has 134 valence electrons. The van der Waals surface area contributed by atoms with Gasteiger partial charge in [0.05, 0.1) is 7.11 Å². The van der Waals surface area contributed by atoms with Crippen LogP contribution in [0.15, 0.2) is 18.2 Å². The SMILES string of the molecule is COc1ccc(CCNC(=O)C(CC(C)(C)C)NC(=O)O)cc1O. The Hall–Kier alpha value is -2.44. The number of carbonyl (C=O) groups excluding carboxylic acids is 1. The van der Waals surface area contributed by atoms with Crippen molar-refractivity contribution in [2.45, 2.75) is 39.7 Å². The highest BCUT2D eigenvalue weighted by Gasteiger charge is 2.26. The van der Waals surface area contributed by atoms with Gasteiger partial charge in [0, 0.05) is 6.54 Å². The molecule has 0 aliphatic heterocycles. The van der Waals surface area contributed by atoms with E-state index in [1.807, 2.05) is 20.8 Å². The second-order valence-corrected chi connectivity index (χ2v) is 6.81. The number of benzene rings is 1. The van der Waals surface area contributed by atoms with Crippen LogP contribution in [0.25, 0.3) is 0 Å². The van der Waals surface area contributed by atoms with Crippen molar-refractivity contribution < 1.29 is 24.5 Å². The third kappa shape index (κ3) is 6.76. The number of ether oxygens (including phenoxy) is 1. The minimum atomic E-state index is -1.22. The van der Waals surface area contributed by atoms with Crippen molar-refractivity contribution in [2.75, 3.05) is 13.7 Å². The lowest BCUT2D eigenvalue weighted by Crippen LogP contribution is -2.48. The van der Waals surface area contributed by atoms with Crippen molar-refractivity contribution >= 4 is 12.0 Å². The van der Waals surface area contributed by atoms with Gasteiger partial charge < -0.3 is 25.6 Å². The Morgan fingerprint density at radius 1 is 1.29 bits per heavy atom. The van der Waals surface area contributed by atoms with Crippen molar-refractivity contribution in [1.82, 2.24) is 10.6 Å². The minimum Gasteiger partial charge on any atom is -0.504 e. The van der Waals surface area contributed by atoms with Crippen LogP contribution in [0.1, 0.15) is 32.8 Å². The number of amides is 2. The average molecular weight is 338 g/mol. The van der Waals surface area contributed by atoms with E-state index in [9.17, 15) is 14.7 Å². The van der Waals surface area contributed by atoms with Gasteiger partial charge in [-0.1, -0.05) is 26.8 Å². The predicted octanol–water partition coefficient (Wildman–Crippen LogP) is 2.13. The van der Waals surface area contributed by atoms with Gasteiger partial charge in [0.1, 0.15) is 6.04 Å². The first-order valence-corrected chi connectivity index (χ1v) is 7.75. The molecular weight excluding hydrogens is 312 g/mol. The fourth-order valence-corrected chi connectivity index (χ4v) is 2.32. The summed E-state index contributed by atoms with van der Waals surface area (Å²) < 4.78 is 4.97. The number of phenolic OH excluding ortho intramolecular Hbond substituents is 1. The number of rotatable bonds is 7. The lowest BCUT2D eigenvalue weighted by Gasteiger charge is -2.25. The molecule has 7 nitrogen and oxygen atoms in total. The van der Waals surface area contributed by atoms with E-state index in [1.54, 1.807) is 18.2 Å². The number of nitrogens with one attached hydrogen (secondary N) is 2. The largest absolute Gasteiger partial charge is 0.504 e. The zero-order valence-electron chi connectivity index (χ0n) is 14.5. The molecule has 1 rings (SSSR count). The fourth-order valence-electron chi connectivity index (χ4n) is 2.32. The maximum absolute atomic E-state index is 12.2. The van der Waals surface area contributed by atoms with Gasteiger partial charge in [0.2, 0.25) is 5.91 Å². The quantitative estimate of drug-likeness (QED) is 0.609. The molecule has 4 N–H and O–H groups in total. The van der Waals surface area contributed by atoms with Crippen LogP contribution in [-0.2, 0) is 11.2 Å². The Labute approximate surface area is 142 Å². The summed E-state index contributed by atoms with van der Waals surface area (Å²) in [6.07, 6.45) is -0.313. The summed E-state index contributed by atoms with van der Waals surface area (Å²) in [6.45, 7) is 6.16. The predicted molar refractivity (Wildman–Crippen MR) is 90.4 cm³/mol. The topological polar surface area (TPSA) is 108 Å². The molecule has 24 heavy (non-hydrogen) atoms. The normalized spacial score (nSPS) is 12.3. The van der Waals surface area contributed by atoms with Gasteiger partial charge >= 0.3 is 6.09 Å². The van der Waals surface area contributed by atoms with Gasteiger partial charge in [-0.3, -0.25) is 4.79 Å². The summed E-state index contributed by atoms with van der Waals surface area (Å²) in [4.78, 5) is 23.1. The lowest BCUT2D eigenvalue weighted by atomic mass is 9.88. The second-order valence-electron chi connectivity index (χ2n) is 6.81. The first-order chi connectivity index (χ1) is 11.1. The average Bonchev–Trinajstić information content (AvgIpc) is 2.44. The van der Waals surface area contributed by atoms with Gasteiger partial charge in [-0.25, -0.2) is 4.79 Å². The molecule has 0 saturated heterocycles. The number of hydrogen-bond donors (Lipinski definition) is 4. The fraction of sp³-hybridized carbons (Fsp3) is 0.529. The zero-order valence-corrected chi connectivity index (χ0v) is 14.5. The molecule has 0 bridgehead atoms. The van der Waals surface area contributed by atoms with Gasteiger partial charge in [-0.2, -0.15) is 0 Å². The summed E-state index contributed by atoms with van der Waals surface area (Å²) >= 11 is 0. The van der Waals surface area contributed by atoms with Crippen LogP contribution in [-0.4, -0.2) is 41.9 Å². The maximum atomic E-state index is 12.2. The van der Waals surface area contributed by atoms with Gasteiger partial charge in [-0.05, 0) is 36.0 Å². The van der Waals surface area contributed by atoms with Crippen LogP contribution in [0.4, 0.5) is 4.79 Å². The third-order valence-electron chi connectivity index (χ3n) is 3.39. The molecule has 0 radical (unpaired) electrons. The summed E-state index contributed by atoms with van der Waals surface area (Å²) in [5.41, 5.74) is 0.652. The van der Waals surface area contributed by atoms with E-state index in [1.165, 1.54) is 7.11 Å². The second kappa shape index (κ2) is 8.42. The molecule has 1 atom stereocenters. The van der Waals surface area contributed by atoms with E-state index in [-0.39, 0.29) is 17.1 Å². The van der Waals surface area contributed by atoms with Crippen molar-refractivity contribution in [3.05, 3.63) is 23.8 Å². The highest BCUT2D eigenvalue weighted by atomic mass is 16.5. The number of aromatic hydroxyl groups is 1. The van der Waals surface area contributed by atoms with Crippen LogP contribution >= 0.6 is 0 Å². The van der Waals surface area contributed by atoms with E-state index >= 15 is 0 Å². The first kappa shape index (κ1) is 19.6. The molecule has 0 saturated carbocycles. The van der Waals surface area contributed by atoms with Crippen LogP contribution in [0.2, 0.25) is 0 Å². The van der Waals surface area contributed by atoms with E-state index < -0.39 is 12.1 Å². The molecule has 0 aromatic heterocycles. The van der Waals surface area contributed by atoms with Crippen molar-refractivity contribution in [3.63, 3.8) is 0 Å². The summed E-state index contributed by atoms with van der Waals surface area (Å²) in [5, 5.41) is 23.6. The summed E-state index contributed by atoms with van der Waals surface area (Å²) in [6, 6.07) is 4.23. The van der Waals surface area contributed by atoms with Crippen LogP contribution in [0.3, 0.4) is 0 Å². The van der Waals surface area contributed by atoms with E-state index in [2.05, 4.69) is 10.6 Å². The molecule has 7 heteroatoms. The van der Waals surface area contributed by atoms with Gasteiger partial charge in [-0.15, -0.1) is 0 Å². The van der Waals surface area contributed by atoms with Crippen LogP contribution in [0.5, 0.6) is 11.5 Å². The molecule has 0 fully saturated rings. The van der Waals surface area contributed by atoms with E-state index in [4.69, 9.17) is 9.84 Å². The Balaban J connectivity index is 2.58. The Kier molecular flexibility index (Phi) is 6.88. The highest BCUT2D eigenvalue weighted by molar-refractivity contribution is 5.85. The molecule has 1 aromatic rings. The Morgan fingerprint density at radius 2 is 1.96 bits per heavy atom. The van der Waals surface area contributed by atoms with E-state index in [0.717, 1.165) is 5.56 Å². The summed E-state index contributed by atoms with van der Waals surface area (Å²) in [7, 11) is 1.47. The van der Waals surface area contributed by atoms with E-state index in [0.29, 0.717) is 25.1 Å². The maximum Gasteiger partial charge on any atom is 0.405 e. The Bertz CT molecular complexity index is 581. The number of phenols is 1. The molecule has 0 aliphatic carbocycles. The molecule has 0 aliphatic rings. The molecule has 1 unspecified atom stereocenters. The number of carboxylic acid groups (broad SMARTS) is 1. The van der Waals surface area contributed by atoms with Gasteiger partial charge in [0.25, 0.3) is 0 Å². The van der Waals surface area contributed by atoms with Crippen LogP contribution < -0.4 is 15.4 Å². The number of carbonyl (C=O) groups is 2. The zero-order chi connectivity index (χ0) is 18.3. The molecule has 1 aromatic carbocycles. The monoisotopic (exact) mass is 338 g/mol. The molecular formula is C17H26N2O5. The first-order valence-electron chi connectivity index (χ1n) is 7.75. The molecule has 2 amide bonds.